The Morgan fingerprint density at radius 1 is 0.978 bits per heavy atom. The average Bonchev–Trinajstić information content (AvgIpc) is 2.92. The molecule has 0 spiro atoms. The van der Waals surface area contributed by atoms with Gasteiger partial charge in [-0.05, 0) is 67.6 Å². The van der Waals surface area contributed by atoms with Crippen LogP contribution in [0.25, 0.3) is 0 Å². The van der Waals surface area contributed by atoms with Gasteiger partial charge >= 0.3 is 12.3 Å². The minimum absolute atomic E-state index is 0.0554. The molecule has 0 bridgehead atoms. The SMILES string of the molecule is C[C@H]1CN(CC(N)=O)Cc2cc(C(=O)Nc3ccc(CN4CCN(CCNC(=O)OC(C)(C)C)CC4)c(C(F)(F)F)c3)ccc21. The number of nitrogens with two attached hydrogens (primary N) is 1. The highest BCUT2D eigenvalue weighted by Gasteiger charge is 2.34. The van der Waals surface area contributed by atoms with Crippen molar-refractivity contribution in [1.29, 1.82) is 0 Å². The summed E-state index contributed by atoms with van der Waals surface area (Å²) in [6, 6.07) is 9.15. The van der Waals surface area contributed by atoms with Crippen molar-refractivity contribution in [3.63, 3.8) is 0 Å². The Hall–Kier alpha value is -3.68. The summed E-state index contributed by atoms with van der Waals surface area (Å²) in [7, 11) is 0. The van der Waals surface area contributed by atoms with E-state index in [0.717, 1.165) is 17.2 Å². The smallest absolute Gasteiger partial charge is 0.416 e. The molecule has 0 unspecified atom stereocenters. The number of ether oxygens (including phenoxy) is 1. The number of rotatable bonds is 9. The second kappa shape index (κ2) is 14.2. The number of hydrogen-bond donors (Lipinski definition) is 3. The number of nitrogens with zero attached hydrogens (tertiary/aromatic N) is 3. The lowest BCUT2D eigenvalue weighted by molar-refractivity contribution is -0.138. The van der Waals surface area contributed by atoms with E-state index in [-0.39, 0.29) is 30.3 Å². The van der Waals surface area contributed by atoms with E-state index in [9.17, 15) is 27.6 Å². The first-order valence-electron chi connectivity index (χ1n) is 15.1. The third-order valence-electron chi connectivity index (χ3n) is 7.87. The number of primary amides is 1. The van der Waals surface area contributed by atoms with Crippen LogP contribution in [0.1, 0.15) is 66.2 Å². The van der Waals surface area contributed by atoms with Gasteiger partial charge in [-0.15, -0.1) is 0 Å². The predicted octanol–water partition coefficient (Wildman–Crippen LogP) is 4.00. The van der Waals surface area contributed by atoms with Gasteiger partial charge in [0.05, 0.1) is 12.1 Å². The van der Waals surface area contributed by atoms with E-state index >= 15 is 0 Å². The summed E-state index contributed by atoms with van der Waals surface area (Å²) in [5, 5.41) is 5.35. The molecule has 1 saturated heterocycles. The number of piperazine rings is 1. The first-order chi connectivity index (χ1) is 21.1. The van der Waals surface area contributed by atoms with Crippen molar-refractivity contribution in [2.24, 2.45) is 5.73 Å². The number of amides is 3. The van der Waals surface area contributed by atoms with Crippen LogP contribution >= 0.6 is 0 Å². The Kier molecular flexibility index (Phi) is 10.8. The van der Waals surface area contributed by atoms with Gasteiger partial charge in [-0.25, -0.2) is 4.79 Å². The van der Waals surface area contributed by atoms with Crippen LogP contribution in [0.5, 0.6) is 0 Å². The van der Waals surface area contributed by atoms with Gasteiger partial charge in [-0.3, -0.25) is 24.3 Å². The molecule has 2 aliphatic heterocycles. The monoisotopic (exact) mass is 632 g/mol. The zero-order chi connectivity index (χ0) is 32.9. The number of anilines is 1. The molecule has 4 N–H and O–H groups in total. The minimum Gasteiger partial charge on any atom is -0.444 e. The van der Waals surface area contributed by atoms with Crippen LogP contribution in [-0.2, 0) is 28.8 Å². The molecule has 13 heteroatoms. The molecule has 2 aliphatic rings. The van der Waals surface area contributed by atoms with Crippen LogP contribution in [0.3, 0.4) is 0 Å². The highest BCUT2D eigenvalue weighted by Crippen LogP contribution is 2.35. The Balaban J connectivity index is 1.35. The molecule has 3 amide bonds. The Morgan fingerprint density at radius 3 is 2.31 bits per heavy atom. The second-order valence-electron chi connectivity index (χ2n) is 12.8. The van der Waals surface area contributed by atoms with Crippen molar-refractivity contribution in [2.75, 3.05) is 57.7 Å². The van der Waals surface area contributed by atoms with E-state index in [1.807, 2.05) is 22.8 Å². The molecule has 4 rings (SSSR count). The van der Waals surface area contributed by atoms with Crippen molar-refractivity contribution in [3.8, 4) is 0 Å². The van der Waals surface area contributed by atoms with Crippen LogP contribution in [0, 0.1) is 0 Å². The second-order valence-corrected chi connectivity index (χ2v) is 12.8. The molecular formula is C32H43F3N6O4. The quantitative estimate of drug-likeness (QED) is 0.382. The van der Waals surface area contributed by atoms with Crippen LogP contribution in [0.2, 0.25) is 0 Å². The normalized spacial score (nSPS) is 18.2. The Bertz CT molecular complexity index is 1390. The van der Waals surface area contributed by atoms with E-state index in [4.69, 9.17) is 10.5 Å². The standard InChI is InChI=1S/C32H43F3N6O4/c1-21-17-41(20-28(36)42)19-24-15-22(6-8-26(21)24)29(43)38-25-7-5-23(27(16-25)32(33,34)35)18-40-13-11-39(12-14-40)10-9-37-30(44)45-31(2,3)4/h5-8,15-16,21H,9-14,17-20H2,1-4H3,(H2,36,42)(H,37,44)(H,38,43)/t21-/m0/s1. The van der Waals surface area contributed by atoms with E-state index < -0.39 is 35.2 Å². The number of fused-ring (bicyclic) bond motifs is 1. The van der Waals surface area contributed by atoms with E-state index in [1.165, 1.54) is 12.1 Å². The number of benzene rings is 2. The highest BCUT2D eigenvalue weighted by atomic mass is 19.4. The van der Waals surface area contributed by atoms with Gasteiger partial charge in [0.15, 0.2) is 0 Å². The van der Waals surface area contributed by atoms with Crippen molar-refractivity contribution in [2.45, 2.75) is 58.5 Å². The maximum Gasteiger partial charge on any atom is 0.416 e. The molecule has 1 atom stereocenters. The fourth-order valence-corrected chi connectivity index (χ4v) is 5.80. The van der Waals surface area contributed by atoms with Gasteiger partial charge in [0.1, 0.15) is 5.60 Å². The minimum atomic E-state index is -4.60. The molecule has 0 radical (unpaired) electrons. The predicted molar refractivity (Wildman–Crippen MR) is 165 cm³/mol. The third-order valence-corrected chi connectivity index (χ3v) is 7.87. The van der Waals surface area contributed by atoms with Crippen molar-refractivity contribution in [1.82, 2.24) is 20.0 Å². The maximum atomic E-state index is 14.1. The molecule has 2 aromatic rings. The molecule has 1 fully saturated rings. The summed E-state index contributed by atoms with van der Waals surface area (Å²) in [5.41, 5.74) is 6.45. The van der Waals surface area contributed by atoms with E-state index in [0.29, 0.717) is 57.9 Å². The first kappa shape index (κ1) is 34.2. The number of carbonyl (C=O) groups is 3. The van der Waals surface area contributed by atoms with Crippen molar-refractivity contribution < 1.29 is 32.3 Å². The maximum absolute atomic E-state index is 14.1. The highest BCUT2D eigenvalue weighted by molar-refractivity contribution is 6.04. The van der Waals surface area contributed by atoms with Crippen molar-refractivity contribution in [3.05, 3.63) is 64.2 Å². The zero-order valence-electron chi connectivity index (χ0n) is 26.3. The third kappa shape index (κ3) is 9.90. The van der Waals surface area contributed by atoms with Gasteiger partial charge in [0.2, 0.25) is 5.91 Å². The fraction of sp³-hybridized carbons (Fsp3) is 0.531. The molecule has 2 aromatic carbocycles. The van der Waals surface area contributed by atoms with Gasteiger partial charge in [-0.1, -0.05) is 19.1 Å². The topological polar surface area (TPSA) is 120 Å². The van der Waals surface area contributed by atoms with Gasteiger partial charge in [0, 0.05) is 70.2 Å². The van der Waals surface area contributed by atoms with Gasteiger partial charge < -0.3 is 21.1 Å². The fourth-order valence-electron chi connectivity index (χ4n) is 5.80. The number of alkyl carbamates (subject to hydrolysis) is 1. The molecule has 0 aliphatic carbocycles. The summed E-state index contributed by atoms with van der Waals surface area (Å²) in [5.74, 6) is -0.817. The Morgan fingerprint density at radius 2 is 1.67 bits per heavy atom. The number of hydrogen-bond acceptors (Lipinski definition) is 7. The lowest BCUT2D eigenvalue weighted by atomic mass is 9.89. The molecule has 246 valence electrons. The van der Waals surface area contributed by atoms with Crippen LogP contribution < -0.4 is 16.4 Å². The summed E-state index contributed by atoms with van der Waals surface area (Å²) in [4.78, 5) is 42.4. The molecular weight excluding hydrogens is 589 g/mol. The van der Waals surface area contributed by atoms with E-state index in [1.54, 1.807) is 32.9 Å². The largest absolute Gasteiger partial charge is 0.444 e. The first-order valence-corrected chi connectivity index (χ1v) is 15.1. The summed E-state index contributed by atoms with van der Waals surface area (Å²) in [6.45, 7) is 12.3. The van der Waals surface area contributed by atoms with Crippen LogP contribution in [0.4, 0.5) is 23.7 Å². The van der Waals surface area contributed by atoms with Crippen molar-refractivity contribution >= 4 is 23.6 Å². The summed E-state index contributed by atoms with van der Waals surface area (Å²) in [6.07, 6.45) is -5.08. The number of alkyl halides is 3. The molecule has 10 nitrogen and oxygen atoms in total. The van der Waals surface area contributed by atoms with Crippen LogP contribution in [-0.4, -0.2) is 90.6 Å². The lowest BCUT2D eigenvalue weighted by Gasteiger charge is -2.35. The summed E-state index contributed by atoms with van der Waals surface area (Å²) < 4.78 is 47.7. The summed E-state index contributed by atoms with van der Waals surface area (Å²) >= 11 is 0. The number of halogens is 3. The average molecular weight is 633 g/mol. The molecule has 0 saturated carbocycles. The molecule has 2 heterocycles. The zero-order valence-corrected chi connectivity index (χ0v) is 26.3. The molecule has 45 heavy (non-hydrogen) atoms. The van der Waals surface area contributed by atoms with Gasteiger partial charge in [0.25, 0.3) is 5.91 Å². The van der Waals surface area contributed by atoms with Crippen LogP contribution in [0.15, 0.2) is 36.4 Å². The lowest BCUT2D eigenvalue weighted by Crippen LogP contribution is -2.48. The van der Waals surface area contributed by atoms with Gasteiger partial charge in [-0.2, -0.15) is 13.2 Å². The Labute approximate surface area is 262 Å². The number of carbonyl (C=O) groups excluding carboxylic acids is 3. The van der Waals surface area contributed by atoms with E-state index in [2.05, 4.69) is 15.5 Å². The molecule has 0 aromatic heterocycles. The number of nitrogens with one attached hydrogen (secondary N) is 2.